The van der Waals surface area contributed by atoms with Crippen molar-refractivity contribution in [1.29, 1.82) is 0 Å². The van der Waals surface area contributed by atoms with Crippen LogP contribution in [-0.4, -0.2) is 19.5 Å². The smallest absolute Gasteiger partial charge is 0.343 e. The first-order valence-corrected chi connectivity index (χ1v) is 3.88. The molecule has 0 spiro atoms. The van der Waals surface area contributed by atoms with Crippen molar-refractivity contribution in [2.75, 3.05) is 12.4 Å². The molecule has 1 aromatic carbocycles. The molecule has 1 amide bonds. The van der Waals surface area contributed by atoms with Crippen molar-refractivity contribution in [2.45, 2.75) is 0 Å². The summed E-state index contributed by atoms with van der Waals surface area (Å²) in [6.07, 6.45) is 0.220. The monoisotopic (exact) mass is 215 g/mol. The molecule has 0 aliphatic rings. The van der Waals surface area contributed by atoms with Gasteiger partial charge in [0.1, 0.15) is 11.4 Å². The Kier molecular flexibility index (Phi) is 3.33. The van der Waals surface area contributed by atoms with Crippen LogP contribution in [0.4, 0.5) is 14.5 Å². The van der Waals surface area contributed by atoms with Crippen molar-refractivity contribution in [3.63, 3.8) is 0 Å². The molecule has 0 radical (unpaired) electrons. The van der Waals surface area contributed by atoms with Crippen LogP contribution in [0.1, 0.15) is 10.4 Å². The Balaban J connectivity index is 3.29. The third kappa shape index (κ3) is 2.09. The van der Waals surface area contributed by atoms with E-state index in [4.69, 9.17) is 0 Å². The zero-order valence-electron chi connectivity index (χ0n) is 7.71. The van der Waals surface area contributed by atoms with Crippen LogP contribution in [0.25, 0.3) is 0 Å². The molecule has 0 aromatic heterocycles. The molecule has 1 rings (SSSR count). The number of methoxy groups -OCH3 is 1. The summed E-state index contributed by atoms with van der Waals surface area (Å²) in [6, 6.07) is 1.87. The number of nitrogens with one attached hydrogen (secondary N) is 1. The summed E-state index contributed by atoms with van der Waals surface area (Å²) in [6.45, 7) is 0. The number of carbonyl (C=O) groups is 2. The van der Waals surface area contributed by atoms with Crippen molar-refractivity contribution < 1.29 is 23.1 Å². The Morgan fingerprint density at radius 3 is 2.67 bits per heavy atom. The number of hydrogen-bond donors (Lipinski definition) is 1. The number of hydrogen-bond acceptors (Lipinski definition) is 3. The van der Waals surface area contributed by atoms with Crippen molar-refractivity contribution in [3.8, 4) is 0 Å². The number of amides is 1. The first-order valence-electron chi connectivity index (χ1n) is 3.88. The fraction of sp³-hybridized carbons (Fsp3) is 0.111. The second-order valence-electron chi connectivity index (χ2n) is 2.54. The second kappa shape index (κ2) is 4.50. The molecule has 0 aliphatic carbocycles. The van der Waals surface area contributed by atoms with E-state index >= 15 is 0 Å². The van der Waals surface area contributed by atoms with Crippen LogP contribution in [0.5, 0.6) is 0 Å². The highest BCUT2D eigenvalue weighted by Crippen LogP contribution is 2.21. The van der Waals surface area contributed by atoms with Gasteiger partial charge in [0.25, 0.3) is 0 Å². The molecule has 1 aromatic rings. The third-order valence-electron chi connectivity index (χ3n) is 1.70. The van der Waals surface area contributed by atoms with Gasteiger partial charge < -0.3 is 10.1 Å². The minimum absolute atomic E-state index is 0.220. The van der Waals surface area contributed by atoms with E-state index in [1.165, 1.54) is 0 Å². The zero-order chi connectivity index (χ0) is 11.4. The normalized spacial score (nSPS) is 9.53. The predicted octanol–water partition coefficient (Wildman–Crippen LogP) is 1.32. The van der Waals surface area contributed by atoms with Crippen molar-refractivity contribution >= 4 is 18.1 Å². The van der Waals surface area contributed by atoms with E-state index in [9.17, 15) is 18.4 Å². The van der Waals surface area contributed by atoms with Gasteiger partial charge in [0.05, 0.1) is 12.8 Å². The SMILES string of the molecule is COC(=O)c1c(F)ccc(NC=O)c1F. The molecule has 0 atom stereocenters. The van der Waals surface area contributed by atoms with E-state index in [0.717, 1.165) is 19.2 Å². The van der Waals surface area contributed by atoms with Crippen molar-refractivity contribution in [3.05, 3.63) is 29.3 Å². The Hall–Kier alpha value is -1.98. The molecule has 0 bridgehead atoms. The first kappa shape index (κ1) is 11.1. The van der Waals surface area contributed by atoms with E-state index in [-0.39, 0.29) is 12.1 Å². The number of benzene rings is 1. The van der Waals surface area contributed by atoms with Gasteiger partial charge in [-0.05, 0) is 12.1 Å². The van der Waals surface area contributed by atoms with Crippen LogP contribution in [0.2, 0.25) is 0 Å². The van der Waals surface area contributed by atoms with Crippen LogP contribution in [0.15, 0.2) is 12.1 Å². The first-order chi connectivity index (χ1) is 7.11. The number of ether oxygens (including phenoxy) is 1. The average molecular weight is 215 g/mol. The number of anilines is 1. The molecule has 80 valence electrons. The molecule has 0 unspecified atom stereocenters. The zero-order valence-corrected chi connectivity index (χ0v) is 7.71. The van der Waals surface area contributed by atoms with Crippen LogP contribution < -0.4 is 5.32 Å². The fourth-order valence-electron chi connectivity index (χ4n) is 1.02. The molecule has 0 fully saturated rings. The summed E-state index contributed by atoms with van der Waals surface area (Å²) in [4.78, 5) is 21.1. The van der Waals surface area contributed by atoms with Gasteiger partial charge in [-0.2, -0.15) is 0 Å². The van der Waals surface area contributed by atoms with Crippen LogP contribution in [-0.2, 0) is 9.53 Å². The maximum absolute atomic E-state index is 13.4. The minimum atomic E-state index is -1.16. The number of halogens is 2. The van der Waals surface area contributed by atoms with Gasteiger partial charge >= 0.3 is 5.97 Å². The lowest BCUT2D eigenvalue weighted by molar-refractivity contribution is -0.105. The molecular formula is C9H7F2NO3. The van der Waals surface area contributed by atoms with E-state index in [0.29, 0.717) is 0 Å². The lowest BCUT2D eigenvalue weighted by atomic mass is 10.1. The standard InChI is InChI=1S/C9H7F2NO3/c1-15-9(14)7-5(10)2-3-6(8(7)11)12-4-13/h2-4H,1H3,(H,12,13). The van der Waals surface area contributed by atoms with Gasteiger partial charge in [0.2, 0.25) is 6.41 Å². The molecule has 0 aliphatic heterocycles. The van der Waals surface area contributed by atoms with Gasteiger partial charge in [-0.3, -0.25) is 4.79 Å². The van der Waals surface area contributed by atoms with E-state index in [2.05, 4.69) is 4.74 Å². The maximum Gasteiger partial charge on any atom is 0.343 e. The van der Waals surface area contributed by atoms with Gasteiger partial charge in [0.15, 0.2) is 5.82 Å². The highest BCUT2D eigenvalue weighted by atomic mass is 19.1. The quantitative estimate of drug-likeness (QED) is 0.611. The van der Waals surface area contributed by atoms with Crippen LogP contribution in [0.3, 0.4) is 0 Å². The average Bonchev–Trinajstić information content (AvgIpc) is 2.22. The summed E-state index contributed by atoms with van der Waals surface area (Å²) in [7, 11) is 1.00. The van der Waals surface area contributed by atoms with Gasteiger partial charge in [0, 0.05) is 0 Å². The third-order valence-corrected chi connectivity index (χ3v) is 1.70. The van der Waals surface area contributed by atoms with Gasteiger partial charge in [-0.25, -0.2) is 13.6 Å². The Bertz CT molecular complexity index is 407. The minimum Gasteiger partial charge on any atom is -0.465 e. The van der Waals surface area contributed by atoms with Crippen LogP contribution >= 0.6 is 0 Å². The summed E-state index contributed by atoms with van der Waals surface area (Å²) < 4.78 is 30.6. The summed E-state index contributed by atoms with van der Waals surface area (Å²) in [5, 5.41) is 1.99. The Morgan fingerprint density at radius 1 is 1.47 bits per heavy atom. The van der Waals surface area contributed by atoms with E-state index < -0.39 is 23.2 Å². The van der Waals surface area contributed by atoms with Crippen molar-refractivity contribution in [2.24, 2.45) is 0 Å². The lowest BCUT2D eigenvalue weighted by Gasteiger charge is -2.06. The molecule has 4 nitrogen and oxygen atoms in total. The molecule has 1 N–H and O–H groups in total. The molecule has 15 heavy (non-hydrogen) atoms. The topological polar surface area (TPSA) is 55.4 Å². The largest absolute Gasteiger partial charge is 0.465 e. The fourth-order valence-corrected chi connectivity index (χ4v) is 1.02. The predicted molar refractivity (Wildman–Crippen MR) is 47.4 cm³/mol. The molecular weight excluding hydrogens is 208 g/mol. The molecule has 0 heterocycles. The van der Waals surface area contributed by atoms with Crippen LogP contribution in [0, 0.1) is 11.6 Å². The number of esters is 1. The van der Waals surface area contributed by atoms with E-state index in [1.807, 2.05) is 5.32 Å². The highest BCUT2D eigenvalue weighted by Gasteiger charge is 2.20. The maximum atomic E-state index is 13.4. The van der Waals surface area contributed by atoms with Gasteiger partial charge in [-0.15, -0.1) is 0 Å². The summed E-state index contributed by atoms with van der Waals surface area (Å²) in [5.74, 6) is -3.34. The van der Waals surface area contributed by atoms with E-state index in [1.54, 1.807) is 0 Å². The molecule has 0 saturated heterocycles. The van der Waals surface area contributed by atoms with Gasteiger partial charge in [-0.1, -0.05) is 0 Å². The van der Waals surface area contributed by atoms with Crippen molar-refractivity contribution in [1.82, 2.24) is 0 Å². The number of rotatable bonds is 3. The highest BCUT2D eigenvalue weighted by molar-refractivity contribution is 5.92. The molecule has 0 saturated carbocycles. The summed E-state index contributed by atoms with van der Waals surface area (Å²) >= 11 is 0. The Morgan fingerprint density at radius 2 is 2.13 bits per heavy atom. The number of carbonyl (C=O) groups excluding carboxylic acids is 2. The Labute approximate surface area is 83.8 Å². The second-order valence-corrected chi connectivity index (χ2v) is 2.54. The summed E-state index contributed by atoms with van der Waals surface area (Å²) in [5.41, 5.74) is -1.11. The molecule has 6 heteroatoms. The lowest BCUT2D eigenvalue weighted by Crippen LogP contribution is -2.10.